The fourth-order valence-electron chi connectivity index (χ4n) is 3.11. The molecule has 1 N–H and O–H groups in total. The zero-order valence-corrected chi connectivity index (χ0v) is 16.1. The number of hydrogen-bond acceptors (Lipinski definition) is 3. The van der Waals surface area contributed by atoms with Crippen LogP contribution < -0.4 is 14.8 Å². The molecule has 2 rings (SSSR count). The van der Waals surface area contributed by atoms with E-state index in [1.807, 2.05) is 48.5 Å². The minimum absolute atomic E-state index is 0.0889. The quantitative estimate of drug-likeness (QED) is 0.733. The van der Waals surface area contributed by atoms with E-state index in [9.17, 15) is 4.79 Å². The van der Waals surface area contributed by atoms with Crippen LogP contribution in [0.5, 0.6) is 11.5 Å². The maximum atomic E-state index is 12.8. The van der Waals surface area contributed by atoms with Crippen molar-refractivity contribution in [3.05, 3.63) is 59.7 Å². The van der Waals surface area contributed by atoms with Crippen molar-refractivity contribution >= 4 is 5.91 Å². The summed E-state index contributed by atoms with van der Waals surface area (Å²) in [7, 11) is 3.25. The lowest BCUT2D eigenvalue weighted by Crippen LogP contribution is -2.34. The van der Waals surface area contributed by atoms with Crippen molar-refractivity contribution in [3.63, 3.8) is 0 Å². The van der Waals surface area contributed by atoms with Crippen molar-refractivity contribution < 1.29 is 14.3 Å². The van der Waals surface area contributed by atoms with E-state index >= 15 is 0 Å². The average Bonchev–Trinajstić information content (AvgIpc) is 2.68. The van der Waals surface area contributed by atoms with E-state index in [-0.39, 0.29) is 11.8 Å². The van der Waals surface area contributed by atoms with Crippen molar-refractivity contribution in [1.82, 2.24) is 5.32 Å². The van der Waals surface area contributed by atoms with Gasteiger partial charge in [-0.3, -0.25) is 4.79 Å². The van der Waals surface area contributed by atoms with Crippen LogP contribution in [0.25, 0.3) is 0 Å². The second-order valence-electron chi connectivity index (χ2n) is 6.50. The fourth-order valence-corrected chi connectivity index (χ4v) is 3.11. The minimum atomic E-state index is -0.119. The van der Waals surface area contributed by atoms with E-state index in [2.05, 4.69) is 19.2 Å². The molecular weight excluding hydrogens is 326 g/mol. The Hall–Kier alpha value is -2.49. The average molecular weight is 355 g/mol. The third kappa shape index (κ3) is 5.01. The number of ether oxygens (including phenoxy) is 2. The number of rotatable bonds is 9. The lowest BCUT2D eigenvalue weighted by Gasteiger charge is -2.23. The molecular formula is C22H29NO3. The molecule has 0 heterocycles. The van der Waals surface area contributed by atoms with Gasteiger partial charge < -0.3 is 14.8 Å². The van der Waals surface area contributed by atoms with Crippen LogP contribution in [-0.2, 0) is 11.2 Å². The zero-order valence-electron chi connectivity index (χ0n) is 16.1. The van der Waals surface area contributed by atoms with E-state index < -0.39 is 0 Å². The van der Waals surface area contributed by atoms with Crippen molar-refractivity contribution in [2.24, 2.45) is 5.92 Å². The molecule has 0 radical (unpaired) electrons. The molecule has 140 valence electrons. The summed E-state index contributed by atoms with van der Waals surface area (Å²) in [6.07, 6.45) is 1.71. The molecule has 2 unspecified atom stereocenters. The number of carbonyl (C=O) groups excluding carboxylic acids is 1. The first kappa shape index (κ1) is 19.8. The first-order valence-corrected chi connectivity index (χ1v) is 9.14. The summed E-state index contributed by atoms with van der Waals surface area (Å²) in [5.74, 6) is 1.68. The lowest BCUT2D eigenvalue weighted by atomic mass is 9.85. The maximum absolute atomic E-state index is 12.8. The molecule has 2 aromatic rings. The normalized spacial score (nSPS) is 12.9. The second kappa shape index (κ2) is 9.85. The van der Waals surface area contributed by atoms with Gasteiger partial charge in [0.05, 0.1) is 20.1 Å². The van der Waals surface area contributed by atoms with E-state index in [4.69, 9.17) is 9.47 Å². The van der Waals surface area contributed by atoms with Gasteiger partial charge in [-0.2, -0.15) is 0 Å². The Kier molecular flexibility index (Phi) is 7.52. The molecule has 1 amide bonds. The summed E-state index contributed by atoms with van der Waals surface area (Å²) in [6.45, 7) is 4.84. The van der Waals surface area contributed by atoms with Crippen molar-refractivity contribution in [1.29, 1.82) is 0 Å². The SMILES string of the molecule is CCC(C)C(C(=O)NCCc1ccc(OC)c(OC)c1)c1ccccc1. The Bertz CT molecular complexity index is 700. The molecule has 4 nitrogen and oxygen atoms in total. The van der Waals surface area contributed by atoms with Crippen LogP contribution in [0.3, 0.4) is 0 Å². The Labute approximate surface area is 156 Å². The minimum Gasteiger partial charge on any atom is -0.493 e. The Morgan fingerprint density at radius 1 is 1.04 bits per heavy atom. The highest BCUT2D eigenvalue weighted by molar-refractivity contribution is 5.84. The van der Waals surface area contributed by atoms with Crippen LogP contribution in [0, 0.1) is 5.92 Å². The number of nitrogens with one attached hydrogen (secondary N) is 1. The molecule has 2 aromatic carbocycles. The van der Waals surface area contributed by atoms with Gasteiger partial charge in [0, 0.05) is 6.54 Å². The second-order valence-corrected chi connectivity index (χ2v) is 6.50. The number of hydrogen-bond donors (Lipinski definition) is 1. The number of benzene rings is 2. The van der Waals surface area contributed by atoms with Crippen LogP contribution in [0.2, 0.25) is 0 Å². The molecule has 0 saturated carbocycles. The maximum Gasteiger partial charge on any atom is 0.227 e. The van der Waals surface area contributed by atoms with Crippen LogP contribution in [-0.4, -0.2) is 26.7 Å². The standard InChI is InChI=1S/C22H29NO3/c1-5-16(2)21(18-9-7-6-8-10-18)22(24)23-14-13-17-11-12-19(25-3)20(15-17)26-4/h6-12,15-16,21H,5,13-14H2,1-4H3,(H,23,24). The van der Waals surface area contributed by atoms with Crippen LogP contribution in [0.4, 0.5) is 0 Å². The van der Waals surface area contributed by atoms with Crippen LogP contribution in [0.1, 0.15) is 37.3 Å². The predicted molar refractivity (Wildman–Crippen MR) is 105 cm³/mol. The Morgan fingerprint density at radius 2 is 1.73 bits per heavy atom. The van der Waals surface area contributed by atoms with Gasteiger partial charge in [0.25, 0.3) is 0 Å². The first-order valence-electron chi connectivity index (χ1n) is 9.14. The summed E-state index contributed by atoms with van der Waals surface area (Å²) < 4.78 is 10.6. The van der Waals surface area contributed by atoms with Gasteiger partial charge in [0.15, 0.2) is 11.5 Å². The molecule has 0 aliphatic heterocycles. The van der Waals surface area contributed by atoms with Gasteiger partial charge in [-0.1, -0.05) is 56.7 Å². The molecule has 0 bridgehead atoms. The van der Waals surface area contributed by atoms with Crippen molar-refractivity contribution in [2.75, 3.05) is 20.8 Å². The van der Waals surface area contributed by atoms with Gasteiger partial charge >= 0.3 is 0 Å². The molecule has 0 fully saturated rings. The highest BCUT2D eigenvalue weighted by Crippen LogP contribution is 2.28. The summed E-state index contributed by atoms with van der Waals surface area (Å²) >= 11 is 0. The highest BCUT2D eigenvalue weighted by Gasteiger charge is 2.25. The third-order valence-electron chi connectivity index (χ3n) is 4.82. The monoisotopic (exact) mass is 355 g/mol. The van der Waals surface area contributed by atoms with Gasteiger partial charge in [0.1, 0.15) is 0 Å². The van der Waals surface area contributed by atoms with Gasteiger partial charge in [0.2, 0.25) is 5.91 Å². The molecule has 26 heavy (non-hydrogen) atoms. The fraction of sp³-hybridized carbons (Fsp3) is 0.409. The largest absolute Gasteiger partial charge is 0.493 e. The van der Waals surface area contributed by atoms with E-state index in [1.165, 1.54) is 0 Å². The molecule has 0 aliphatic rings. The van der Waals surface area contributed by atoms with Crippen LogP contribution in [0.15, 0.2) is 48.5 Å². The molecule has 4 heteroatoms. The molecule has 0 aromatic heterocycles. The smallest absolute Gasteiger partial charge is 0.227 e. The molecule has 2 atom stereocenters. The van der Waals surface area contributed by atoms with E-state index in [0.29, 0.717) is 24.0 Å². The highest BCUT2D eigenvalue weighted by atomic mass is 16.5. The molecule has 0 saturated heterocycles. The van der Waals surface area contributed by atoms with Gasteiger partial charge in [-0.05, 0) is 35.6 Å². The third-order valence-corrected chi connectivity index (χ3v) is 4.82. The number of methoxy groups -OCH3 is 2. The predicted octanol–water partition coefficient (Wildman–Crippen LogP) is 4.19. The zero-order chi connectivity index (χ0) is 18.9. The summed E-state index contributed by atoms with van der Waals surface area (Å²) in [4.78, 5) is 12.8. The van der Waals surface area contributed by atoms with Crippen molar-refractivity contribution in [2.45, 2.75) is 32.6 Å². The number of amides is 1. The van der Waals surface area contributed by atoms with Crippen molar-refractivity contribution in [3.8, 4) is 11.5 Å². The molecule has 0 spiro atoms. The topological polar surface area (TPSA) is 47.6 Å². The van der Waals surface area contributed by atoms with E-state index in [0.717, 1.165) is 24.0 Å². The summed E-state index contributed by atoms with van der Waals surface area (Å²) in [5.41, 5.74) is 2.17. The summed E-state index contributed by atoms with van der Waals surface area (Å²) in [5, 5.41) is 3.10. The van der Waals surface area contributed by atoms with Gasteiger partial charge in [-0.25, -0.2) is 0 Å². The lowest BCUT2D eigenvalue weighted by molar-refractivity contribution is -0.123. The van der Waals surface area contributed by atoms with E-state index in [1.54, 1.807) is 14.2 Å². The van der Waals surface area contributed by atoms with Crippen LogP contribution >= 0.6 is 0 Å². The molecule has 0 aliphatic carbocycles. The Morgan fingerprint density at radius 3 is 2.35 bits per heavy atom. The summed E-state index contributed by atoms with van der Waals surface area (Å²) in [6, 6.07) is 15.9. The number of carbonyl (C=O) groups is 1. The first-order chi connectivity index (χ1) is 12.6. The Balaban J connectivity index is 2.00. The van der Waals surface area contributed by atoms with Gasteiger partial charge in [-0.15, -0.1) is 0 Å².